The molecule has 4 aliphatic rings. The average Bonchev–Trinajstić information content (AvgIpc) is 3.24. The van der Waals surface area contributed by atoms with Crippen molar-refractivity contribution in [2.75, 3.05) is 20.0 Å². The molecule has 0 bridgehead atoms. The summed E-state index contributed by atoms with van der Waals surface area (Å²) in [5.41, 5.74) is -0.0416. The summed E-state index contributed by atoms with van der Waals surface area (Å²) in [5, 5.41) is 25.9. The molecule has 6 atom stereocenters. The van der Waals surface area contributed by atoms with Crippen LogP contribution in [0.2, 0.25) is 5.02 Å². The number of epoxide rings is 1. The molecule has 5 heterocycles. The van der Waals surface area contributed by atoms with Crippen molar-refractivity contribution >= 4 is 17.3 Å². The molecule has 2 fully saturated rings. The third-order valence-electron chi connectivity index (χ3n) is 7.81. The standard InChI is InChI=1S/C26H27ClN4O10/c27-17-7-19-18(38-12-39-19)6-13(17)8-29-25(34)30-4-3-16-20(23-24(41-23)22(33)21(16)31(30)26(29)35)28-40-10-14(32)9-36-11-15-2-1-5-37-15/h1-2,5-7,14,16,21-24,32-33H,3-4,8-12H2/t14-,16+,21+,22-,23+,24-/m0/s1. The maximum atomic E-state index is 13.6. The van der Waals surface area contributed by atoms with Gasteiger partial charge >= 0.3 is 11.4 Å². The van der Waals surface area contributed by atoms with Crippen LogP contribution in [0.1, 0.15) is 23.8 Å². The minimum absolute atomic E-state index is 0.0153. The van der Waals surface area contributed by atoms with Gasteiger partial charge in [0, 0.05) is 23.6 Å². The highest BCUT2D eigenvalue weighted by molar-refractivity contribution is 6.31. The molecule has 41 heavy (non-hydrogen) atoms. The number of halogens is 1. The molecule has 0 spiro atoms. The molecule has 1 saturated carbocycles. The van der Waals surface area contributed by atoms with Crippen molar-refractivity contribution in [3.8, 4) is 11.5 Å². The van der Waals surface area contributed by atoms with Gasteiger partial charge < -0.3 is 38.4 Å². The van der Waals surface area contributed by atoms with Gasteiger partial charge in [-0.05, 0) is 30.2 Å². The van der Waals surface area contributed by atoms with E-state index < -0.39 is 47.8 Å². The Hall–Kier alpha value is -3.56. The van der Waals surface area contributed by atoms with Gasteiger partial charge in [0.2, 0.25) is 6.79 Å². The van der Waals surface area contributed by atoms with Gasteiger partial charge in [0.05, 0.1) is 31.2 Å². The maximum absolute atomic E-state index is 13.6. The Morgan fingerprint density at radius 2 is 2.00 bits per heavy atom. The molecule has 1 aliphatic carbocycles. The molecule has 15 heteroatoms. The normalized spacial score (nSPS) is 27.3. The van der Waals surface area contributed by atoms with Crippen LogP contribution in [0.15, 0.2) is 49.7 Å². The van der Waals surface area contributed by atoms with E-state index in [4.69, 9.17) is 39.8 Å². The molecule has 3 aliphatic heterocycles. The van der Waals surface area contributed by atoms with Gasteiger partial charge in [0.25, 0.3) is 0 Å². The first-order valence-electron chi connectivity index (χ1n) is 13.2. The Kier molecular flexibility index (Phi) is 6.66. The Labute approximate surface area is 236 Å². The molecule has 14 nitrogen and oxygen atoms in total. The summed E-state index contributed by atoms with van der Waals surface area (Å²) < 4.78 is 30.8. The fourth-order valence-electron chi connectivity index (χ4n) is 5.81. The molecule has 0 unspecified atom stereocenters. The lowest BCUT2D eigenvalue weighted by Gasteiger charge is -2.38. The van der Waals surface area contributed by atoms with E-state index in [0.29, 0.717) is 40.0 Å². The summed E-state index contributed by atoms with van der Waals surface area (Å²) in [4.78, 5) is 32.4. The van der Waals surface area contributed by atoms with Gasteiger partial charge in [-0.25, -0.2) is 23.5 Å². The number of ether oxygens (including phenoxy) is 4. The van der Waals surface area contributed by atoms with E-state index >= 15 is 0 Å². The Morgan fingerprint density at radius 3 is 2.80 bits per heavy atom. The summed E-state index contributed by atoms with van der Waals surface area (Å²) in [6, 6.07) is 5.97. The lowest BCUT2D eigenvalue weighted by atomic mass is 9.78. The first kappa shape index (κ1) is 26.3. The van der Waals surface area contributed by atoms with Crippen molar-refractivity contribution in [2.24, 2.45) is 11.1 Å². The zero-order valence-corrected chi connectivity index (χ0v) is 22.4. The SMILES string of the molecule is O=c1n(Cc2cc3c(cc2Cl)OCO3)c(=O)n2n1CC[C@@H]1C(=NOC[C@@H](O)COCc3ccco3)[C@H]3O[C@H]3[C@@H](O)[C@@H]12. The summed E-state index contributed by atoms with van der Waals surface area (Å²) in [7, 11) is 0. The van der Waals surface area contributed by atoms with Gasteiger partial charge in [-0.1, -0.05) is 16.8 Å². The molecule has 218 valence electrons. The van der Waals surface area contributed by atoms with E-state index in [2.05, 4.69) is 5.16 Å². The first-order chi connectivity index (χ1) is 19.9. The molecule has 7 rings (SSSR count). The second kappa shape index (κ2) is 10.4. The van der Waals surface area contributed by atoms with Gasteiger partial charge in [-0.3, -0.25) is 0 Å². The van der Waals surface area contributed by atoms with E-state index in [1.54, 1.807) is 30.5 Å². The number of hydrogen-bond donors (Lipinski definition) is 2. The predicted octanol–water partition coefficient (Wildman–Crippen LogP) is 0.488. The highest BCUT2D eigenvalue weighted by Gasteiger charge is 2.61. The number of aliphatic hydroxyl groups excluding tert-OH is 2. The van der Waals surface area contributed by atoms with Crippen LogP contribution >= 0.6 is 11.6 Å². The Morgan fingerprint density at radius 1 is 1.17 bits per heavy atom. The number of aromatic nitrogens is 3. The smallest absolute Gasteiger partial charge is 0.347 e. The first-order valence-corrected chi connectivity index (χ1v) is 13.6. The summed E-state index contributed by atoms with van der Waals surface area (Å²) in [6.07, 6.45) is -1.04. The zero-order valence-electron chi connectivity index (χ0n) is 21.6. The van der Waals surface area contributed by atoms with E-state index in [9.17, 15) is 19.8 Å². The predicted molar refractivity (Wildman–Crippen MR) is 139 cm³/mol. The van der Waals surface area contributed by atoms with Gasteiger partial charge in [0.15, 0.2) is 11.5 Å². The number of hydrogen-bond acceptors (Lipinski definition) is 11. The van der Waals surface area contributed by atoms with Crippen molar-refractivity contribution < 1.29 is 38.4 Å². The lowest BCUT2D eigenvalue weighted by molar-refractivity contribution is -0.0264. The molecule has 1 aromatic carbocycles. The van der Waals surface area contributed by atoms with Crippen molar-refractivity contribution in [3.05, 3.63) is 67.8 Å². The largest absolute Gasteiger partial charge is 0.467 e. The minimum Gasteiger partial charge on any atom is -0.467 e. The van der Waals surface area contributed by atoms with E-state index in [1.807, 2.05) is 0 Å². The number of rotatable bonds is 9. The summed E-state index contributed by atoms with van der Waals surface area (Å²) in [6.45, 7) is 0.311. The molecule has 3 aromatic rings. The number of nitrogens with zero attached hydrogens (tertiary/aromatic N) is 4. The van der Waals surface area contributed by atoms with Crippen molar-refractivity contribution in [1.82, 2.24) is 13.9 Å². The van der Waals surface area contributed by atoms with Crippen LogP contribution in [0, 0.1) is 5.92 Å². The molecule has 2 N–H and O–H groups in total. The van der Waals surface area contributed by atoms with Gasteiger partial charge in [-0.2, -0.15) is 0 Å². The third-order valence-corrected chi connectivity index (χ3v) is 8.16. The fraction of sp³-hybridized carbons (Fsp3) is 0.500. The summed E-state index contributed by atoms with van der Waals surface area (Å²) in [5.74, 6) is 1.20. The summed E-state index contributed by atoms with van der Waals surface area (Å²) >= 11 is 6.41. The molecular formula is C26H27ClN4O10. The zero-order chi connectivity index (χ0) is 28.2. The molecular weight excluding hydrogens is 564 g/mol. The van der Waals surface area contributed by atoms with Crippen molar-refractivity contribution in [3.63, 3.8) is 0 Å². The lowest BCUT2D eigenvalue weighted by Crippen LogP contribution is -2.53. The van der Waals surface area contributed by atoms with Crippen LogP contribution < -0.4 is 20.9 Å². The monoisotopic (exact) mass is 590 g/mol. The van der Waals surface area contributed by atoms with Crippen LogP contribution in [0.3, 0.4) is 0 Å². The average molecular weight is 591 g/mol. The number of fused-ring (bicyclic) bond motifs is 5. The van der Waals surface area contributed by atoms with Crippen LogP contribution in [-0.4, -0.2) is 74.3 Å². The van der Waals surface area contributed by atoms with E-state index in [-0.39, 0.29) is 39.7 Å². The highest BCUT2D eigenvalue weighted by atomic mass is 35.5. The van der Waals surface area contributed by atoms with Crippen molar-refractivity contribution in [1.29, 1.82) is 0 Å². The molecule has 1 saturated heterocycles. The minimum atomic E-state index is -1.03. The third kappa shape index (κ3) is 4.65. The second-order valence-corrected chi connectivity index (χ2v) is 10.8. The molecule has 0 amide bonds. The van der Waals surface area contributed by atoms with Crippen LogP contribution in [0.5, 0.6) is 11.5 Å². The van der Waals surface area contributed by atoms with Gasteiger partial charge in [-0.15, -0.1) is 0 Å². The van der Waals surface area contributed by atoms with Crippen molar-refractivity contribution in [2.45, 2.75) is 56.6 Å². The van der Waals surface area contributed by atoms with Crippen LogP contribution in [0.4, 0.5) is 0 Å². The number of oxime groups is 1. The highest BCUT2D eigenvalue weighted by Crippen LogP contribution is 2.46. The van der Waals surface area contributed by atoms with E-state index in [1.165, 1.54) is 9.36 Å². The second-order valence-electron chi connectivity index (χ2n) is 10.4. The molecule has 2 aromatic heterocycles. The number of benzene rings is 1. The Balaban J connectivity index is 1.09. The number of furan rings is 1. The maximum Gasteiger partial charge on any atom is 0.347 e. The van der Waals surface area contributed by atoms with E-state index in [0.717, 1.165) is 4.57 Å². The number of aliphatic hydroxyl groups is 2. The van der Waals surface area contributed by atoms with Gasteiger partial charge in [0.1, 0.15) is 43.4 Å². The Bertz CT molecular complexity index is 1590. The van der Waals surface area contributed by atoms with Crippen LogP contribution in [-0.2, 0) is 34.0 Å². The topological polar surface area (TPSA) is 164 Å². The molecule has 0 radical (unpaired) electrons. The quantitative estimate of drug-likeness (QED) is 0.265. The fourth-order valence-corrected chi connectivity index (χ4v) is 6.02. The van der Waals surface area contributed by atoms with Crippen LogP contribution in [0.25, 0.3) is 0 Å².